The number of rotatable bonds is 18. The highest BCUT2D eigenvalue weighted by Gasteiger charge is 2.02. The molecule has 138 valence electrons. The summed E-state index contributed by atoms with van der Waals surface area (Å²) in [5, 5.41) is 8.52. The van der Waals surface area contributed by atoms with Gasteiger partial charge >= 0.3 is 5.97 Å². The van der Waals surface area contributed by atoms with Crippen molar-refractivity contribution >= 4 is 5.97 Å². The molecule has 0 saturated carbocycles. The number of carbonyl (C=O) groups excluding carboxylic acids is 1. The number of hydrogen-bond acceptors (Lipinski definition) is 4. The molecule has 0 rings (SSSR count). The number of carbonyl (C=O) groups is 1. The molecule has 0 fully saturated rings. The van der Waals surface area contributed by atoms with E-state index in [1.807, 2.05) is 0 Å². The van der Waals surface area contributed by atoms with E-state index < -0.39 is 0 Å². The Kier molecular flexibility index (Phi) is 18.9. The summed E-state index contributed by atoms with van der Waals surface area (Å²) in [5.41, 5.74) is 0. The van der Waals surface area contributed by atoms with Crippen LogP contribution in [0.5, 0.6) is 0 Å². The lowest BCUT2D eigenvalue weighted by Crippen LogP contribution is -2.11. The van der Waals surface area contributed by atoms with Crippen LogP contribution >= 0.6 is 0 Å². The van der Waals surface area contributed by atoms with E-state index in [0.29, 0.717) is 19.6 Å². The molecule has 0 amide bonds. The standard InChI is InChI=1S/C19H38O4/c1-2-3-4-5-6-7-8-9-10-11-12-13-14-19(21)23-18-17-22-16-15-20/h20H,2-18H2,1H3. The topological polar surface area (TPSA) is 55.8 Å². The monoisotopic (exact) mass is 330 g/mol. The molecule has 0 aromatic carbocycles. The zero-order valence-electron chi connectivity index (χ0n) is 15.2. The Morgan fingerprint density at radius 3 is 1.78 bits per heavy atom. The maximum absolute atomic E-state index is 11.4. The summed E-state index contributed by atoms with van der Waals surface area (Å²) in [5.74, 6) is -0.135. The summed E-state index contributed by atoms with van der Waals surface area (Å²) in [4.78, 5) is 11.4. The maximum Gasteiger partial charge on any atom is 0.305 e. The molecule has 1 N–H and O–H groups in total. The van der Waals surface area contributed by atoms with Crippen LogP contribution in [0.2, 0.25) is 0 Å². The third-order valence-corrected chi connectivity index (χ3v) is 3.96. The van der Waals surface area contributed by atoms with Crippen LogP contribution in [0.1, 0.15) is 90.4 Å². The molecule has 0 aliphatic heterocycles. The lowest BCUT2D eigenvalue weighted by Gasteiger charge is -2.05. The van der Waals surface area contributed by atoms with Gasteiger partial charge in [-0.15, -0.1) is 0 Å². The van der Waals surface area contributed by atoms with Crippen LogP contribution in [0.15, 0.2) is 0 Å². The first-order valence-corrected chi connectivity index (χ1v) is 9.65. The zero-order valence-corrected chi connectivity index (χ0v) is 15.2. The van der Waals surface area contributed by atoms with Gasteiger partial charge in [-0.1, -0.05) is 77.6 Å². The highest BCUT2D eigenvalue weighted by atomic mass is 16.6. The molecule has 0 aromatic heterocycles. The zero-order chi connectivity index (χ0) is 17.0. The highest BCUT2D eigenvalue weighted by Crippen LogP contribution is 2.12. The Hall–Kier alpha value is -0.610. The van der Waals surface area contributed by atoms with Crippen LogP contribution < -0.4 is 0 Å². The molecule has 0 saturated heterocycles. The second-order valence-electron chi connectivity index (χ2n) is 6.20. The number of unbranched alkanes of at least 4 members (excludes halogenated alkanes) is 11. The van der Waals surface area contributed by atoms with E-state index in [9.17, 15) is 4.79 Å². The van der Waals surface area contributed by atoms with Gasteiger partial charge in [0.25, 0.3) is 0 Å². The molecular formula is C19H38O4. The first kappa shape index (κ1) is 22.4. The minimum Gasteiger partial charge on any atom is -0.463 e. The van der Waals surface area contributed by atoms with Crippen LogP contribution in [-0.2, 0) is 14.3 Å². The van der Waals surface area contributed by atoms with E-state index in [0.717, 1.165) is 12.8 Å². The molecule has 0 aliphatic carbocycles. The molecule has 0 spiro atoms. The van der Waals surface area contributed by atoms with Gasteiger partial charge in [0, 0.05) is 6.42 Å². The van der Waals surface area contributed by atoms with Gasteiger partial charge in [-0.25, -0.2) is 0 Å². The van der Waals surface area contributed by atoms with Crippen LogP contribution in [0, 0.1) is 0 Å². The summed E-state index contributed by atoms with van der Waals surface area (Å²) in [6, 6.07) is 0. The van der Waals surface area contributed by atoms with Gasteiger partial charge in [0.1, 0.15) is 6.61 Å². The van der Waals surface area contributed by atoms with Gasteiger partial charge in [0.05, 0.1) is 19.8 Å². The average molecular weight is 331 g/mol. The van der Waals surface area contributed by atoms with Crippen molar-refractivity contribution in [1.29, 1.82) is 0 Å². The van der Waals surface area contributed by atoms with E-state index >= 15 is 0 Å². The van der Waals surface area contributed by atoms with E-state index in [-0.39, 0.29) is 19.2 Å². The molecule has 0 radical (unpaired) electrons. The second kappa shape index (κ2) is 19.4. The molecule has 4 nitrogen and oxygen atoms in total. The molecule has 0 bridgehead atoms. The van der Waals surface area contributed by atoms with Crippen molar-refractivity contribution in [2.45, 2.75) is 90.4 Å². The molecule has 0 aliphatic rings. The lowest BCUT2D eigenvalue weighted by molar-refractivity contribution is -0.145. The highest BCUT2D eigenvalue weighted by molar-refractivity contribution is 5.69. The Morgan fingerprint density at radius 2 is 1.26 bits per heavy atom. The third-order valence-electron chi connectivity index (χ3n) is 3.96. The van der Waals surface area contributed by atoms with Gasteiger partial charge in [0.2, 0.25) is 0 Å². The van der Waals surface area contributed by atoms with Gasteiger partial charge < -0.3 is 14.6 Å². The SMILES string of the molecule is CCCCCCCCCCCCCCC(=O)OCCOCCO. The van der Waals surface area contributed by atoms with Crippen LogP contribution in [0.4, 0.5) is 0 Å². The van der Waals surface area contributed by atoms with E-state index in [1.165, 1.54) is 64.2 Å². The fourth-order valence-corrected chi connectivity index (χ4v) is 2.56. The van der Waals surface area contributed by atoms with Gasteiger partial charge in [-0.05, 0) is 6.42 Å². The van der Waals surface area contributed by atoms with Crippen molar-refractivity contribution in [3.8, 4) is 0 Å². The van der Waals surface area contributed by atoms with Crippen molar-refractivity contribution < 1.29 is 19.4 Å². The molecule has 4 heteroatoms. The summed E-state index contributed by atoms with van der Waals surface area (Å²) in [6.45, 7) is 3.22. The lowest BCUT2D eigenvalue weighted by atomic mass is 10.0. The van der Waals surface area contributed by atoms with E-state index in [4.69, 9.17) is 14.6 Å². The molecule has 0 atom stereocenters. The predicted octanol–water partition coefficient (Wildman–Crippen LogP) is 4.63. The molecule has 23 heavy (non-hydrogen) atoms. The fraction of sp³-hybridized carbons (Fsp3) is 0.947. The molecule has 0 heterocycles. The summed E-state index contributed by atoms with van der Waals surface area (Å²) < 4.78 is 10.1. The third kappa shape index (κ3) is 19.3. The number of aliphatic hydroxyl groups excluding tert-OH is 1. The predicted molar refractivity (Wildman–Crippen MR) is 94.6 cm³/mol. The van der Waals surface area contributed by atoms with Gasteiger partial charge in [0.15, 0.2) is 0 Å². The van der Waals surface area contributed by atoms with Crippen molar-refractivity contribution in [3.63, 3.8) is 0 Å². The summed E-state index contributed by atoms with van der Waals surface area (Å²) in [6.07, 6.45) is 16.1. The second-order valence-corrected chi connectivity index (χ2v) is 6.20. The quantitative estimate of drug-likeness (QED) is 0.294. The van der Waals surface area contributed by atoms with Crippen molar-refractivity contribution in [2.24, 2.45) is 0 Å². The van der Waals surface area contributed by atoms with Crippen LogP contribution in [-0.4, -0.2) is 37.5 Å². The van der Waals surface area contributed by atoms with Crippen LogP contribution in [0.25, 0.3) is 0 Å². The summed E-state index contributed by atoms with van der Waals surface area (Å²) >= 11 is 0. The van der Waals surface area contributed by atoms with Crippen molar-refractivity contribution in [3.05, 3.63) is 0 Å². The molecule has 0 aromatic rings. The maximum atomic E-state index is 11.4. The Balaban J connectivity index is 3.10. The largest absolute Gasteiger partial charge is 0.463 e. The van der Waals surface area contributed by atoms with Crippen LogP contribution in [0.3, 0.4) is 0 Å². The number of aliphatic hydroxyl groups is 1. The van der Waals surface area contributed by atoms with Gasteiger partial charge in [-0.2, -0.15) is 0 Å². The Labute approximate surface area is 142 Å². The minimum atomic E-state index is -0.135. The Morgan fingerprint density at radius 1 is 0.739 bits per heavy atom. The van der Waals surface area contributed by atoms with Crippen molar-refractivity contribution in [2.75, 3.05) is 26.4 Å². The smallest absolute Gasteiger partial charge is 0.305 e. The number of ether oxygens (including phenoxy) is 2. The minimum absolute atomic E-state index is 0.00675. The number of hydrogen-bond donors (Lipinski definition) is 1. The fourth-order valence-electron chi connectivity index (χ4n) is 2.56. The first-order valence-electron chi connectivity index (χ1n) is 9.65. The molecule has 0 unspecified atom stereocenters. The van der Waals surface area contributed by atoms with E-state index in [2.05, 4.69) is 6.92 Å². The van der Waals surface area contributed by atoms with Crippen molar-refractivity contribution in [1.82, 2.24) is 0 Å². The average Bonchev–Trinajstić information content (AvgIpc) is 2.55. The number of esters is 1. The Bertz CT molecular complexity index is 244. The summed E-state index contributed by atoms with van der Waals surface area (Å²) in [7, 11) is 0. The first-order chi connectivity index (χ1) is 11.3. The normalized spacial score (nSPS) is 10.9. The molecular weight excluding hydrogens is 292 g/mol. The van der Waals surface area contributed by atoms with Gasteiger partial charge in [-0.3, -0.25) is 4.79 Å². The van der Waals surface area contributed by atoms with E-state index in [1.54, 1.807) is 0 Å².